The Morgan fingerprint density at radius 1 is 1.21 bits per heavy atom. The summed E-state index contributed by atoms with van der Waals surface area (Å²) >= 11 is 0. The highest BCUT2D eigenvalue weighted by atomic mass is 16.2. The van der Waals surface area contributed by atoms with Gasteiger partial charge in [-0.2, -0.15) is 0 Å². The Balaban J connectivity index is 1.48. The van der Waals surface area contributed by atoms with E-state index in [9.17, 15) is 4.79 Å². The van der Waals surface area contributed by atoms with Crippen LogP contribution in [0.1, 0.15) is 22.6 Å². The van der Waals surface area contributed by atoms with Gasteiger partial charge in [-0.25, -0.2) is 9.78 Å². The molecule has 1 aliphatic rings. The molecule has 2 amide bonds. The van der Waals surface area contributed by atoms with Gasteiger partial charge >= 0.3 is 6.03 Å². The summed E-state index contributed by atoms with van der Waals surface area (Å²) in [6, 6.07) is 12.4. The average Bonchev–Trinajstić information content (AvgIpc) is 2.56. The van der Waals surface area contributed by atoms with Crippen LogP contribution < -0.4 is 10.2 Å². The number of nitrogens with zero attached hydrogens (tertiary/aromatic N) is 3. The zero-order chi connectivity index (χ0) is 17.1. The highest BCUT2D eigenvalue weighted by molar-refractivity contribution is 5.74. The summed E-state index contributed by atoms with van der Waals surface area (Å²) < 4.78 is 0. The van der Waals surface area contributed by atoms with Crippen LogP contribution in [-0.4, -0.2) is 43.6 Å². The number of carbonyl (C=O) groups is 1. The fourth-order valence-electron chi connectivity index (χ4n) is 3.01. The minimum atomic E-state index is -0.0453. The zero-order valence-corrected chi connectivity index (χ0v) is 14.5. The van der Waals surface area contributed by atoms with Gasteiger partial charge in [0.05, 0.1) is 0 Å². The first kappa shape index (κ1) is 16.3. The fourth-order valence-corrected chi connectivity index (χ4v) is 3.01. The molecule has 1 aromatic carbocycles. The van der Waals surface area contributed by atoms with Crippen LogP contribution in [0.25, 0.3) is 0 Å². The van der Waals surface area contributed by atoms with Gasteiger partial charge in [-0.05, 0) is 29.2 Å². The van der Waals surface area contributed by atoms with Crippen molar-refractivity contribution in [3.63, 3.8) is 0 Å². The van der Waals surface area contributed by atoms with Crippen molar-refractivity contribution in [3.8, 4) is 0 Å². The Labute approximate surface area is 143 Å². The van der Waals surface area contributed by atoms with Crippen molar-refractivity contribution < 1.29 is 4.79 Å². The maximum atomic E-state index is 12.3. The standard InChI is InChI=1S/C19H24N4O/c1-22(2)18-9-8-14(11-20-18)13-23(3)19(24)21-12-16-10-15-6-4-5-7-17(15)16/h4-9,11,16H,10,12-13H2,1-3H3,(H,21,24)/t16-/m0/s1. The summed E-state index contributed by atoms with van der Waals surface area (Å²) in [4.78, 5) is 20.3. The fraction of sp³-hybridized carbons (Fsp3) is 0.368. The molecule has 1 aliphatic carbocycles. The summed E-state index contributed by atoms with van der Waals surface area (Å²) in [7, 11) is 5.73. The molecule has 1 N–H and O–H groups in total. The van der Waals surface area contributed by atoms with Gasteiger partial charge in [0, 0.05) is 46.3 Å². The van der Waals surface area contributed by atoms with E-state index >= 15 is 0 Å². The molecule has 0 saturated heterocycles. The molecule has 0 aliphatic heterocycles. The number of hydrogen-bond acceptors (Lipinski definition) is 3. The Bertz CT molecular complexity index is 712. The highest BCUT2D eigenvalue weighted by Crippen LogP contribution is 2.33. The topological polar surface area (TPSA) is 48.5 Å². The zero-order valence-electron chi connectivity index (χ0n) is 14.5. The highest BCUT2D eigenvalue weighted by Gasteiger charge is 2.25. The van der Waals surface area contributed by atoms with Gasteiger partial charge < -0.3 is 15.1 Å². The van der Waals surface area contributed by atoms with Crippen LogP contribution >= 0.6 is 0 Å². The largest absolute Gasteiger partial charge is 0.363 e. The van der Waals surface area contributed by atoms with Crippen molar-refractivity contribution in [2.24, 2.45) is 0 Å². The maximum absolute atomic E-state index is 12.3. The molecule has 1 atom stereocenters. The van der Waals surface area contributed by atoms with E-state index in [4.69, 9.17) is 0 Å². The molecule has 0 radical (unpaired) electrons. The van der Waals surface area contributed by atoms with Gasteiger partial charge in [0.1, 0.15) is 5.82 Å². The Hall–Kier alpha value is -2.56. The van der Waals surface area contributed by atoms with Crippen LogP contribution in [0.2, 0.25) is 0 Å². The smallest absolute Gasteiger partial charge is 0.317 e. The van der Waals surface area contributed by atoms with E-state index < -0.39 is 0 Å². The molecule has 3 rings (SSSR count). The lowest BCUT2D eigenvalue weighted by molar-refractivity contribution is 0.205. The number of hydrogen-bond donors (Lipinski definition) is 1. The Morgan fingerprint density at radius 2 is 2.00 bits per heavy atom. The third-order valence-electron chi connectivity index (χ3n) is 4.49. The minimum absolute atomic E-state index is 0.0453. The Kier molecular flexibility index (Phi) is 4.69. The number of rotatable bonds is 5. The lowest BCUT2D eigenvalue weighted by atomic mass is 9.78. The first-order chi connectivity index (χ1) is 11.5. The van der Waals surface area contributed by atoms with Crippen molar-refractivity contribution in [3.05, 3.63) is 59.3 Å². The van der Waals surface area contributed by atoms with Crippen LogP contribution in [0.5, 0.6) is 0 Å². The molecule has 1 heterocycles. The lowest BCUT2D eigenvalue weighted by Gasteiger charge is -2.30. The quantitative estimate of drug-likeness (QED) is 0.920. The number of benzene rings is 1. The van der Waals surface area contributed by atoms with Crippen molar-refractivity contribution >= 4 is 11.8 Å². The van der Waals surface area contributed by atoms with Crippen molar-refractivity contribution in [1.82, 2.24) is 15.2 Å². The third kappa shape index (κ3) is 3.50. The molecule has 0 unspecified atom stereocenters. The van der Waals surface area contributed by atoms with E-state index in [1.165, 1.54) is 11.1 Å². The van der Waals surface area contributed by atoms with E-state index in [0.29, 0.717) is 19.0 Å². The van der Waals surface area contributed by atoms with E-state index in [1.54, 1.807) is 4.90 Å². The number of anilines is 1. The SMILES string of the molecule is CN(Cc1ccc(N(C)C)nc1)C(=O)NC[C@@H]1Cc2ccccc21. The van der Waals surface area contributed by atoms with Crippen molar-refractivity contribution in [1.29, 1.82) is 0 Å². The molecule has 2 aromatic rings. The second-order valence-corrected chi connectivity index (χ2v) is 6.56. The van der Waals surface area contributed by atoms with Gasteiger partial charge in [0.25, 0.3) is 0 Å². The molecular weight excluding hydrogens is 300 g/mol. The molecule has 0 saturated carbocycles. The number of amides is 2. The van der Waals surface area contributed by atoms with Crippen LogP contribution in [0.3, 0.4) is 0 Å². The van der Waals surface area contributed by atoms with E-state index in [-0.39, 0.29) is 6.03 Å². The molecule has 0 spiro atoms. The predicted octanol–water partition coefficient (Wildman–Crippen LogP) is 2.63. The molecule has 0 fully saturated rings. The molecule has 126 valence electrons. The van der Waals surface area contributed by atoms with Crippen LogP contribution in [0.4, 0.5) is 10.6 Å². The number of nitrogens with one attached hydrogen (secondary N) is 1. The first-order valence-electron chi connectivity index (χ1n) is 8.23. The van der Waals surface area contributed by atoms with Gasteiger partial charge in [-0.1, -0.05) is 30.3 Å². The summed E-state index contributed by atoms with van der Waals surface area (Å²) in [5.41, 5.74) is 3.79. The van der Waals surface area contributed by atoms with Crippen LogP contribution in [0.15, 0.2) is 42.6 Å². The minimum Gasteiger partial charge on any atom is -0.363 e. The molecule has 1 aromatic heterocycles. The average molecular weight is 324 g/mol. The number of fused-ring (bicyclic) bond motifs is 1. The van der Waals surface area contributed by atoms with Crippen LogP contribution in [-0.2, 0) is 13.0 Å². The summed E-state index contributed by atoms with van der Waals surface area (Å²) in [5, 5.41) is 3.03. The Morgan fingerprint density at radius 3 is 2.67 bits per heavy atom. The molecule has 5 heteroatoms. The number of carbonyl (C=O) groups excluding carboxylic acids is 1. The monoisotopic (exact) mass is 324 g/mol. The summed E-state index contributed by atoms with van der Waals surface area (Å²) in [5.74, 6) is 1.36. The summed E-state index contributed by atoms with van der Waals surface area (Å²) in [6.07, 6.45) is 2.87. The lowest BCUT2D eigenvalue weighted by Crippen LogP contribution is -2.40. The predicted molar refractivity (Wildman–Crippen MR) is 96.3 cm³/mol. The van der Waals surface area contributed by atoms with Crippen molar-refractivity contribution in [2.75, 3.05) is 32.6 Å². The maximum Gasteiger partial charge on any atom is 0.317 e. The first-order valence-corrected chi connectivity index (χ1v) is 8.23. The van der Waals surface area contributed by atoms with Gasteiger partial charge in [0.15, 0.2) is 0 Å². The molecule has 24 heavy (non-hydrogen) atoms. The number of pyridine rings is 1. The molecular formula is C19H24N4O. The van der Waals surface area contributed by atoms with Crippen LogP contribution in [0, 0.1) is 0 Å². The van der Waals surface area contributed by atoms with E-state index in [1.807, 2.05) is 44.4 Å². The number of aromatic nitrogens is 1. The van der Waals surface area contributed by atoms with Crippen molar-refractivity contribution in [2.45, 2.75) is 18.9 Å². The van der Waals surface area contributed by atoms with E-state index in [0.717, 1.165) is 17.8 Å². The second-order valence-electron chi connectivity index (χ2n) is 6.56. The second kappa shape index (κ2) is 6.91. The molecule has 0 bridgehead atoms. The van der Waals surface area contributed by atoms with Gasteiger partial charge in [0.2, 0.25) is 0 Å². The third-order valence-corrected chi connectivity index (χ3v) is 4.49. The van der Waals surface area contributed by atoms with Gasteiger partial charge in [-0.15, -0.1) is 0 Å². The number of urea groups is 1. The van der Waals surface area contributed by atoms with E-state index in [2.05, 4.69) is 34.6 Å². The van der Waals surface area contributed by atoms with Gasteiger partial charge in [-0.3, -0.25) is 0 Å². The summed E-state index contributed by atoms with van der Waals surface area (Å²) in [6.45, 7) is 1.24. The normalized spacial score (nSPS) is 15.2. The molecule has 5 nitrogen and oxygen atoms in total.